The predicted octanol–water partition coefficient (Wildman–Crippen LogP) is 2.57. The number of sulfonamides is 1. The van der Waals surface area contributed by atoms with Gasteiger partial charge in [-0.05, 0) is 30.4 Å². The third-order valence-electron chi connectivity index (χ3n) is 5.07. The van der Waals surface area contributed by atoms with E-state index in [0.29, 0.717) is 19.4 Å². The van der Waals surface area contributed by atoms with Crippen molar-refractivity contribution >= 4 is 10.0 Å². The number of hydrogen-bond donors (Lipinski definition) is 0. The lowest BCUT2D eigenvalue weighted by Gasteiger charge is -2.45. The zero-order chi connectivity index (χ0) is 17.5. The first-order valence-electron chi connectivity index (χ1n) is 8.02. The highest BCUT2D eigenvalue weighted by Crippen LogP contribution is 2.38. The summed E-state index contributed by atoms with van der Waals surface area (Å²) in [5.41, 5.74) is 2.43. The van der Waals surface area contributed by atoms with Crippen molar-refractivity contribution in [2.45, 2.75) is 37.5 Å². The monoisotopic (exact) mass is 362 g/mol. The molecule has 2 atom stereocenters. The van der Waals surface area contributed by atoms with Crippen LogP contribution < -0.4 is 0 Å². The van der Waals surface area contributed by atoms with E-state index in [4.69, 9.17) is 0 Å². The molecule has 0 unspecified atom stereocenters. The van der Waals surface area contributed by atoms with E-state index in [-0.39, 0.29) is 6.04 Å². The van der Waals surface area contributed by atoms with Gasteiger partial charge in [0.2, 0.25) is 10.0 Å². The van der Waals surface area contributed by atoms with Gasteiger partial charge in [0.15, 0.2) is 5.75 Å². The molecule has 2 heterocycles. The van der Waals surface area contributed by atoms with E-state index in [1.165, 1.54) is 18.2 Å². The zero-order valence-electron chi connectivity index (χ0n) is 13.5. The summed E-state index contributed by atoms with van der Waals surface area (Å²) in [6.45, 7) is 1.61. The van der Waals surface area contributed by atoms with E-state index in [9.17, 15) is 21.6 Å². The van der Waals surface area contributed by atoms with Gasteiger partial charge in [0.25, 0.3) is 0 Å². The number of hydrogen-bond acceptors (Lipinski definition) is 3. The Bertz CT molecular complexity index is 706. The first kappa shape index (κ1) is 17.7. The Balaban J connectivity index is 1.79. The second kappa shape index (κ2) is 6.31. The van der Waals surface area contributed by atoms with Crippen molar-refractivity contribution in [1.82, 2.24) is 9.21 Å². The molecular formula is C16H21F3N2O2S. The predicted molar refractivity (Wildman–Crippen MR) is 85.1 cm³/mol. The van der Waals surface area contributed by atoms with Crippen molar-refractivity contribution in [3.05, 3.63) is 35.4 Å². The molecule has 3 rings (SSSR count). The Morgan fingerprint density at radius 1 is 1.25 bits per heavy atom. The minimum Gasteiger partial charge on any atom is -0.296 e. The number of alkyl halides is 3. The molecule has 24 heavy (non-hydrogen) atoms. The van der Waals surface area contributed by atoms with E-state index in [1.54, 1.807) is 0 Å². The third kappa shape index (κ3) is 3.60. The molecule has 8 heteroatoms. The largest absolute Gasteiger partial charge is 0.404 e. The van der Waals surface area contributed by atoms with Crippen LogP contribution in [0.2, 0.25) is 0 Å². The summed E-state index contributed by atoms with van der Waals surface area (Å²) >= 11 is 0. The molecule has 0 aliphatic carbocycles. The standard InChI is InChI=1S/C16H21F3N2O2S/c1-20(24(22,23)11-16(17,18)19)13-7-9-21-8-6-12-4-2-3-5-14(12)15(21)10-13/h2-5,13,15H,6-11H2,1H3/t13-,15+/m1/s1. The fraction of sp³-hybridized carbons (Fsp3) is 0.625. The molecular weight excluding hydrogens is 341 g/mol. The molecule has 1 aromatic carbocycles. The van der Waals surface area contributed by atoms with Crippen molar-refractivity contribution in [1.29, 1.82) is 0 Å². The van der Waals surface area contributed by atoms with Gasteiger partial charge in [-0.15, -0.1) is 0 Å². The highest BCUT2D eigenvalue weighted by Gasteiger charge is 2.42. The number of nitrogens with zero attached hydrogens (tertiary/aromatic N) is 2. The van der Waals surface area contributed by atoms with Crippen LogP contribution in [0, 0.1) is 0 Å². The van der Waals surface area contributed by atoms with Gasteiger partial charge in [0.05, 0.1) is 0 Å². The summed E-state index contributed by atoms with van der Waals surface area (Å²) in [7, 11) is -3.07. The maximum atomic E-state index is 12.5. The molecule has 0 radical (unpaired) electrons. The molecule has 1 aromatic rings. The number of rotatable bonds is 3. The first-order chi connectivity index (χ1) is 11.2. The Labute approximate surface area is 140 Å². The molecule has 1 fully saturated rings. The van der Waals surface area contributed by atoms with Crippen molar-refractivity contribution in [2.75, 3.05) is 25.9 Å². The van der Waals surface area contributed by atoms with Gasteiger partial charge in [-0.2, -0.15) is 13.2 Å². The van der Waals surface area contributed by atoms with E-state index in [0.717, 1.165) is 17.3 Å². The minimum atomic E-state index is -4.72. The van der Waals surface area contributed by atoms with Crippen molar-refractivity contribution in [2.24, 2.45) is 0 Å². The molecule has 0 N–H and O–H groups in total. The first-order valence-corrected chi connectivity index (χ1v) is 9.62. The van der Waals surface area contributed by atoms with E-state index >= 15 is 0 Å². The lowest BCUT2D eigenvalue weighted by atomic mass is 9.85. The maximum absolute atomic E-state index is 12.5. The van der Waals surface area contributed by atoms with Crippen LogP contribution in [0.25, 0.3) is 0 Å². The van der Waals surface area contributed by atoms with Gasteiger partial charge < -0.3 is 0 Å². The summed E-state index contributed by atoms with van der Waals surface area (Å²) < 4.78 is 62.6. The van der Waals surface area contributed by atoms with Crippen molar-refractivity contribution < 1.29 is 21.6 Å². The summed E-state index contributed by atoms with van der Waals surface area (Å²) in [5.74, 6) is -1.79. The lowest BCUT2D eigenvalue weighted by Crippen LogP contribution is -2.50. The molecule has 0 amide bonds. The summed E-state index contributed by atoms with van der Waals surface area (Å²) in [6.07, 6.45) is -2.67. The van der Waals surface area contributed by atoms with E-state index < -0.39 is 28.0 Å². The van der Waals surface area contributed by atoms with E-state index in [1.807, 2.05) is 18.2 Å². The fourth-order valence-electron chi connectivity index (χ4n) is 3.80. The Hall–Kier alpha value is -1.12. The lowest BCUT2D eigenvalue weighted by molar-refractivity contribution is -0.107. The normalized spacial score (nSPS) is 25.4. The van der Waals surface area contributed by atoms with Crippen LogP contribution >= 0.6 is 0 Å². The van der Waals surface area contributed by atoms with Crippen LogP contribution in [0.3, 0.4) is 0 Å². The molecule has 1 saturated heterocycles. The van der Waals surface area contributed by atoms with Gasteiger partial charge in [0, 0.05) is 32.2 Å². The zero-order valence-corrected chi connectivity index (χ0v) is 14.3. The van der Waals surface area contributed by atoms with Crippen LogP contribution in [0.4, 0.5) is 13.2 Å². The SMILES string of the molecule is CN([C@@H]1CCN2CCc3ccccc3[C@@H]2C1)S(=O)(=O)CC(F)(F)F. The number of fused-ring (bicyclic) bond motifs is 3. The maximum Gasteiger partial charge on any atom is 0.404 e. The quantitative estimate of drug-likeness (QED) is 0.830. The molecule has 0 saturated carbocycles. The molecule has 0 spiro atoms. The van der Waals surface area contributed by atoms with Gasteiger partial charge in [0.1, 0.15) is 0 Å². The summed E-state index contributed by atoms with van der Waals surface area (Å²) in [6, 6.07) is 7.73. The van der Waals surface area contributed by atoms with Crippen LogP contribution in [-0.4, -0.2) is 55.7 Å². The van der Waals surface area contributed by atoms with Gasteiger partial charge in [-0.25, -0.2) is 12.7 Å². The second-order valence-corrected chi connectivity index (χ2v) is 8.59. The highest BCUT2D eigenvalue weighted by atomic mass is 32.2. The smallest absolute Gasteiger partial charge is 0.296 e. The molecule has 4 nitrogen and oxygen atoms in total. The highest BCUT2D eigenvalue weighted by molar-refractivity contribution is 7.89. The molecule has 134 valence electrons. The average molecular weight is 362 g/mol. The Morgan fingerprint density at radius 2 is 1.96 bits per heavy atom. The fourth-order valence-corrected chi connectivity index (χ4v) is 5.07. The van der Waals surface area contributed by atoms with E-state index in [2.05, 4.69) is 11.0 Å². The van der Waals surface area contributed by atoms with Crippen LogP contribution in [0.5, 0.6) is 0 Å². The third-order valence-corrected chi connectivity index (χ3v) is 6.93. The van der Waals surface area contributed by atoms with Gasteiger partial charge >= 0.3 is 6.18 Å². The van der Waals surface area contributed by atoms with Crippen molar-refractivity contribution in [3.8, 4) is 0 Å². The van der Waals surface area contributed by atoms with Crippen LogP contribution in [0.1, 0.15) is 30.0 Å². The van der Waals surface area contributed by atoms with Gasteiger partial charge in [-0.1, -0.05) is 24.3 Å². The van der Waals surface area contributed by atoms with Gasteiger partial charge in [-0.3, -0.25) is 4.90 Å². The summed E-state index contributed by atoms with van der Waals surface area (Å²) in [5, 5.41) is 0. The minimum absolute atomic E-state index is 0.0808. The number of benzene rings is 1. The van der Waals surface area contributed by atoms with Crippen LogP contribution in [0.15, 0.2) is 24.3 Å². The molecule has 2 aliphatic rings. The summed E-state index contributed by atoms with van der Waals surface area (Å²) in [4.78, 5) is 2.31. The number of piperidine rings is 1. The van der Waals surface area contributed by atoms with Crippen LogP contribution in [-0.2, 0) is 16.4 Å². The topological polar surface area (TPSA) is 40.6 Å². The molecule has 2 aliphatic heterocycles. The Morgan fingerprint density at radius 3 is 2.67 bits per heavy atom. The molecule has 0 aromatic heterocycles. The van der Waals surface area contributed by atoms with Crippen molar-refractivity contribution in [3.63, 3.8) is 0 Å². The average Bonchev–Trinajstić information content (AvgIpc) is 2.51. The Kier molecular flexibility index (Phi) is 4.65. The number of halogens is 3. The molecule has 0 bridgehead atoms. The second-order valence-electron chi connectivity index (χ2n) is 6.57.